The van der Waals surface area contributed by atoms with Crippen molar-refractivity contribution in [2.75, 3.05) is 26.4 Å². The van der Waals surface area contributed by atoms with Crippen LogP contribution >= 0.6 is 0 Å². The van der Waals surface area contributed by atoms with E-state index in [9.17, 15) is 0 Å². The number of aliphatic hydroxyl groups is 4. The Morgan fingerprint density at radius 3 is 0.850 bits per heavy atom. The molecule has 4 rings (SSSR count). The standard InChI is InChI=1S/2C6H10O4/c2*7-3-1-9-6-4(8)2-10-5(3)6/h2*3-8H,1-2H2/t2*3-,4+,5-,6-/m11/s1. The second-order valence-corrected chi connectivity index (χ2v) is 5.46. The average molecular weight is 292 g/mol. The van der Waals surface area contributed by atoms with Crippen LogP contribution in [-0.4, -0.2) is 95.7 Å². The number of ether oxygens (including phenoxy) is 4. The molecule has 4 aliphatic rings. The van der Waals surface area contributed by atoms with Gasteiger partial charge in [0.1, 0.15) is 48.8 Å². The molecule has 116 valence electrons. The van der Waals surface area contributed by atoms with E-state index < -0.39 is 24.4 Å². The lowest BCUT2D eigenvalue weighted by molar-refractivity contribution is 0.00201. The Kier molecular flexibility index (Phi) is 4.25. The first kappa shape index (κ1) is 14.6. The summed E-state index contributed by atoms with van der Waals surface area (Å²) in [6.45, 7) is 1.14. The van der Waals surface area contributed by atoms with Gasteiger partial charge in [-0.3, -0.25) is 0 Å². The third-order valence-corrected chi connectivity index (χ3v) is 4.00. The minimum absolute atomic E-state index is 0.284. The van der Waals surface area contributed by atoms with Crippen LogP contribution < -0.4 is 0 Å². The molecular formula is C12H20O8. The molecule has 0 saturated carbocycles. The smallest absolute Gasteiger partial charge is 0.114 e. The zero-order chi connectivity index (χ0) is 14.3. The number of rotatable bonds is 0. The molecule has 4 N–H and O–H groups in total. The second kappa shape index (κ2) is 5.82. The van der Waals surface area contributed by atoms with Crippen molar-refractivity contribution in [3.05, 3.63) is 0 Å². The quantitative estimate of drug-likeness (QED) is 0.373. The summed E-state index contributed by atoms with van der Waals surface area (Å²) in [7, 11) is 0. The van der Waals surface area contributed by atoms with Crippen LogP contribution in [0.1, 0.15) is 0 Å². The minimum Gasteiger partial charge on any atom is -0.388 e. The largest absolute Gasteiger partial charge is 0.388 e. The Balaban J connectivity index is 0.000000121. The van der Waals surface area contributed by atoms with Crippen LogP contribution in [0.3, 0.4) is 0 Å². The first-order chi connectivity index (χ1) is 9.58. The van der Waals surface area contributed by atoms with Crippen LogP contribution in [0.25, 0.3) is 0 Å². The highest BCUT2D eigenvalue weighted by molar-refractivity contribution is 4.94. The fourth-order valence-corrected chi connectivity index (χ4v) is 2.92. The summed E-state index contributed by atoms with van der Waals surface area (Å²) >= 11 is 0. The van der Waals surface area contributed by atoms with E-state index in [1.807, 2.05) is 0 Å². The van der Waals surface area contributed by atoms with Crippen LogP contribution in [0.15, 0.2) is 0 Å². The molecule has 0 aromatic heterocycles. The molecule has 0 aliphatic carbocycles. The molecule has 8 nitrogen and oxygen atoms in total. The van der Waals surface area contributed by atoms with E-state index >= 15 is 0 Å². The fourth-order valence-electron chi connectivity index (χ4n) is 2.92. The summed E-state index contributed by atoms with van der Waals surface area (Å²) in [6.07, 6.45) is -3.40. The summed E-state index contributed by atoms with van der Waals surface area (Å²) < 4.78 is 20.3. The van der Waals surface area contributed by atoms with E-state index in [1.54, 1.807) is 0 Å². The van der Waals surface area contributed by atoms with Crippen LogP contribution in [0.2, 0.25) is 0 Å². The van der Waals surface area contributed by atoms with Gasteiger partial charge in [-0.1, -0.05) is 0 Å². The van der Waals surface area contributed by atoms with Gasteiger partial charge in [-0.05, 0) is 0 Å². The van der Waals surface area contributed by atoms with E-state index in [0.717, 1.165) is 0 Å². The van der Waals surface area contributed by atoms with Crippen molar-refractivity contribution in [3.8, 4) is 0 Å². The molecule has 0 aromatic rings. The maximum atomic E-state index is 9.16. The molecule has 8 heteroatoms. The van der Waals surface area contributed by atoms with E-state index in [0.29, 0.717) is 0 Å². The van der Waals surface area contributed by atoms with Crippen LogP contribution in [0.4, 0.5) is 0 Å². The molecule has 4 aliphatic heterocycles. The van der Waals surface area contributed by atoms with Gasteiger partial charge in [0.25, 0.3) is 0 Å². The Hall–Kier alpha value is -0.320. The minimum atomic E-state index is -0.554. The highest BCUT2D eigenvalue weighted by Crippen LogP contribution is 2.27. The zero-order valence-corrected chi connectivity index (χ0v) is 10.9. The molecule has 4 heterocycles. The van der Waals surface area contributed by atoms with Gasteiger partial charge in [0.05, 0.1) is 26.4 Å². The van der Waals surface area contributed by atoms with Crippen LogP contribution in [-0.2, 0) is 18.9 Å². The van der Waals surface area contributed by atoms with Crippen molar-refractivity contribution in [2.24, 2.45) is 0 Å². The maximum Gasteiger partial charge on any atom is 0.114 e. The van der Waals surface area contributed by atoms with Crippen molar-refractivity contribution in [1.82, 2.24) is 0 Å². The summed E-state index contributed by atoms with van der Waals surface area (Å²) in [5.74, 6) is 0. The van der Waals surface area contributed by atoms with Crippen molar-refractivity contribution >= 4 is 0 Å². The third kappa shape index (κ3) is 2.58. The van der Waals surface area contributed by atoms with Gasteiger partial charge in [-0.15, -0.1) is 0 Å². The van der Waals surface area contributed by atoms with Gasteiger partial charge >= 0.3 is 0 Å². The van der Waals surface area contributed by atoms with E-state index in [1.165, 1.54) is 0 Å². The molecule has 0 bridgehead atoms. The fraction of sp³-hybridized carbons (Fsp3) is 1.00. The van der Waals surface area contributed by atoms with Crippen LogP contribution in [0, 0.1) is 0 Å². The molecule has 0 spiro atoms. The van der Waals surface area contributed by atoms with Gasteiger partial charge < -0.3 is 39.4 Å². The molecule has 8 atom stereocenters. The van der Waals surface area contributed by atoms with E-state index in [4.69, 9.17) is 39.4 Å². The second-order valence-electron chi connectivity index (χ2n) is 5.46. The van der Waals surface area contributed by atoms with Crippen molar-refractivity contribution in [1.29, 1.82) is 0 Å². The van der Waals surface area contributed by atoms with Crippen LogP contribution in [0.5, 0.6) is 0 Å². The summed E-state index contributed by atoms with van der Waals surface area (Å²) in [4.78, 5) is 0. The highest BCUT2D eigenvalue weighted by Gasteiger charge is 2.47. The van der Waals surface area contributed by atoms with Gasteiger partial charge in [0, 0.05) is 0 Å². The Morgan fingerprint density at radius 2 is 0.650 bits per heavy atom. The summed E-state index contributed by atoms with van der Waals surface area (Å²) in [5.41, 5.74) is 0. The van der Waals surface area contributed by atoms with Crippen molar-refractivity contribution < 1.29 is 39.4 Å². The average Bonchev–Trinajstić information content (AvgIpc) is 3.13. The Bertz CT molecular complexity index is 275. The third-order valence-electron chi connectivity index (χ3n) is 4.00. The summed E-state index contributed by atoms with van der Waals surface area (Å²) in [6, 6.07) is 0. The first-order valence-electron chi connectivity index (χ1n) is 6.76. The van der Waals surface area contributed by atoms with Crippen molar-refractivity contribution in [2.45, 2.75) is 48.8 Å². The lowest BCUT2D eigenvalue weighted by atomic mass is 10.1. The van der Waals surface area contributed by atoms with E-state index in [-0.39, 0.29) is 50.8 Å². The molecule has 0 amide bonds. The molecular weight excluding hydrogens is 272 g/mol. The SMILES string of the molecule is O[C@@H]1CO[C@H]2[C@@H]1OC[C@@H]2O.O[C@@H]1CO[C@H]2[C@@H]1OC[C@@H]2O. The zero-order valence-electron chi connectivity index (χ0n) is 10.9. The summed E-state index contributed by atoms with van der Waals surface area (Å²) in [5, 5.41) is 36.6. The van der Waals surface area contributed by atoms with Gasteiger partial charge in [0.15, 0.2) is 0 Å². The lowest BCUT2D eigenvalue weighted by Gasteiger charge is -2.09. The topological polar surface area (TPSA) is 118 Å². The molecule has 4 saturated heterocycles. The number of fused-ring (bicyclic) bond motifs is 2. The molecule has 0 aromatic carbocycles. The molecule has 20 heavy (non-hydrogen) atoms. The van der Waals surface area contributed by atoms with Gasteiger partial charge in [0.2, 0.25) is 0 Å². The monoisotopic (exact) mass is 292 g/mol. The van der Waals surface area contributed by atoms with Gasteiger partial charge in [-0.25, -0.2) is 0 Å². The highest BCUT2D eigenvalue weighted by atomic mass is 16.6. The van der Waals surface area contributed by atoms with Crippen molar-refractivity contribution in [3.63, 3.8) is 0 Å². The Morgan fingerprint density at radius 1 is 0.450 bits per heavy atom. The molecule has 0 unspecified atom stereocenters. The first-order valence-corrected chi connectivity index (χ1v) is 6.76. The predicted octanol–water partition coefficient (Wildman–Crippen LogP) is -2.99. The predicted molar refractivity (Wildman–Crippen MR) is 63.0 cm³/mol. The maximum absolute atomic E-state index is 9.16. The molecule has 0 radical (unpaired) electrons. The van der Waals surface area contributed by atoms with E-state index in [2.05, 4.69) is 0 Å². The lowest BCUT2D eigenvalue weighted by Crippen LogP contribution is -2.30. The number of hydrogen-bond acceptors (Lipinski definition) is 8. The normalized spacial score (nSPS) is 53.4. The molecule has 4 fully saturated rings. The Labute approximate surface area is 115 Å². The van der Waals surface area contributed by atoms with Gasteiger partial charge in [-0.2, -0.15) is 0 Å². The number of hydrogen-bond donors (Lipinski definition) is 4. The number of aliphatic hydroxyl groups excluding tert-OH is 4.